The molecule has 0 saturated carbocycles. The van der Waals surface area contributed by atoms with Crippen LogP contribution in [0.5, 0.6) is 0 Å². The molecule has 0 aliphatic carbocycles. The third-order valence-electron chi connectivity index (χ3n) is 2.47. The van der Waals surface area contributed by atoms with Gasteiger partial charge in [0.2, 0.25) is 0 Å². The zero-order chi connectivity index (χ0) is 13.8. The lowest BCUT2D eigenvalue weighted by Gasteiger charge is -2.09. The second-order valence-electron chi connectivity index (χ2n) is 3.73. The van der Waals surface area contributed by atoms with Crippen LogP contribution in [0.4, 0.5) is 15.8 Å². The van der Waals surface area contributed by atoms with Crippen molar-refractivity contribution >= 4 is 27.3 Å². The fraction of sp³-hybridized carbons (Fsp3) is 0. The molecule has 3 nitrogen and oxygen atoms in total. The van der Waals surface area contributed by atoms with Gasteiger partial charge in [-0.25, -0.2) is 4.39 Å². The van der Waals surface area contributed by atoms with Gasteiger partial charge in [-0.1, -0.05) is 15.9 Å². The number of hydrogen-bond acceptors (Lipinski definition) is 3. The van der Waals surface area contributed by atoms with Crippen LogP contribution in [0.25, 0.3) is 0 Å². The number of halogens is 2. The summed E-state index contributed by atoms with van der Waals surface area (Å²) < 4.78 is 14.0. The first-order chi connectivity index (χ1) is 9.13. The number of rotatable bonds is 2. The molecule has 2 aromatic rings. The second kappa shape index (κ2) is 5.51. The summed E-state index contributed by atoms with van der Waals surface area (Å²) in [5.41, 5.74) is 1.57. The molecule has 0 atom stereocenters. The number of hydrogen-bond donors (Lipinski definition) is 1. The highest BCUT2D eigenvalue weighted by Crippen LogP contribution is 2.25. The first kappa shape index (κ1) is 13.1. The zero-order valence-electron chi connectivity index (χ0n) is 9.61. The van der Waals surface area contributed by atoms with E-state index in [9.17, 15) is 4.39 Å². The fourth-order valence-electron chi connectivity index (χ4n) is 1.56. The van der Waals surface area contributed by atoms with E-state index in [1.54, 1.807) is 24.3 Å². The Hall–Kier alpha value is -2.37. The Morgan fingerprint density at radius 3 is 2.42 bits per heavy atom. The Bertz CT molecular complexity index is 714. The smallest absolute Gasteiger partial charge is 0.141 e. The van der Waals surface area contributed by atoms with Gasteiger partial charge < -0.3 is 5.32 Å². The van der Waals surface area contributed by atoms with Crippen LogP contribution in [0.15, 0.2) is 40.9 Å². The normalized spacial score (nSPS) is 9.47. The molecule has 5 heteroatoms. The molecule has 0 unspecified atom stereocenters. The van der Waals surface area contributed by atoms with Crippen LogP contribution in [0.1, 0.15) is 11.1 Å². The molecule has 19 heavy (non-hydrogen) atoms. The van der Waals surface area contributed by atoms with E-state index in [1.807, 2.05) is 0 Å². The number of nitrogens with zero attached hydrogens (tertiary/aromatic N) is 2. The van der Waals surface area contributed by atoms with Crippen molar-refractivity contribution < 1.29 is 4.39 Å². The van der Waals surface area contributed by atoms with Gasteiger partial charge in [0.05, 0.1) is 16.8 Å². The van der Waals surface area contributed by atoms with Crippen LogP contribution in [-0.4, -0.2) is 0 Å². The SMILES string of the molecule is N#Cc1cc(Nc2ccc(Br)cc2C#N)ccc1F. The van der Waals surface area contributed by atoms with Gasteiger partial charge in [-0.3, -0.25) is 0 Å². The van der Waals surface area contributed by atoms with Crippen LogP contribution >= 0.6 is 15.9 Å². The molecule has 0 aliphatic heterocycles. The third-order valence-corrected chi connectivity index (χ3v) is 2.96. The predicted molar refractivity (Wildman–Crippen MR) is 73.3 cm³/mol. The van der Waals surface area contributed by atoms with E-state index in [-0.39, 0.29) is 5.56 Å². The zero-order valence-corrected chi connectivity index (χ0v) is 11.2. The van der Waals surface area contributed by atoms with Crippen molar-refractivity contribution in [1.29, 1.82) is 10.5 Å². The van der Waals surface area contributed by atoms with Crippen molar-refractivity contribution in [1.82, 2.24) is 0 Å². The van der Waals surface area contributed by atoms with Crippen LogP contribution in [0.2, 0.25) is 0 Å². The van der Waals surface area contributed by atoms with E-state index >= 15 is 0 Å². The first-order valence-corrected chi connectivity index (χ1v) is 6.09. The molecule has 0 heterocycles. The summed E-state index contributed by atoms with van der Waals surface area (Å²) in [6, 6.07) is 13.2. The summed E-state index contributed by atoms with van der Waals surface area (Å²) in [6.45, 7) is 0. The van der Waals surface area contributed by atoms with Crippen molar-refractivity contribution in [2.24, 2.45) is 0 Å². The van der Waals surface area contributed by atoms with Gasteiger partial charge in [0, 0.05) is 10.2 Å². The minimum Gasteiger partial charge on any atom is -0.354 e. The molecule has 0 bridgehead atoms. The van der Waals surface area contributed by atoms with Crippen molar-refractivity contribution in [3.63, 3.8) is 0 Å². The Kier molecular flexibility index (Phi) is 3.79. The van der Waals surface area contributed by atoms with Gasteiger partial charge in [-0.05, 0) is 36.4 Å². The molecule has 0 aliphatic rings. The topological polar surface area (TPSA) is 59.6 Å². The molecule has 0 aromatic heterocycles. The Morgan fingerprint density at radius 1 is 1.00 bits per heavy atom. The fourth-order valence-corrected chi connectivity index (χ4v) is 1.92. The van der Waals surface area contributed by atoms with E-state index < -0.39 is 5.82 Å². The van der Waals surface area contributed by atoms with Gasteiger partial charge in [-0.15, -0.1) is 0 Å². The molecular formula is C14H7BrFN3. The number of benzene rings is 2. The quantitative estimate of drug-likeness (QED) is 0.908. The van der Waals surface area contributed by atoms with Gasteiger partial charge in [0.1, 0.15) is 18.0 Å². The molecule has 92 valence electrons. The molecule has 0 spiro atoms. The standard InChI is InChI=1S/C14H7BrFN3/c15-11-1-4-14(10(5-11)8-18)19-12-2-3-13(16)9(6-12)7-17/h1-6,19H. The molecule has 2 rings (SSSR count). The van der Waals surface area contributed by atoms with E-state index in [0.717, 1.165) is 4.47 Å². The van der Waals surface area contributed by atoms with Crippen LogP contribution in [0, 0.1) is 28.5 Å². The van der Waals surface area contributed by atoms with Crippen LogP contribution in [0.3, 0.4) is 0 Å². The van der Waals surface area contributed by atoms with Crippen molar-refractivity contribution in [2.45, 2.75) is 0 Å². The molecule has 0 saturated heterocycles. The van der Waals surface area contributed by atoms with Crippen LogP contribution < -0.4 is 5.32 Å². The van der Waals surface area contributed by atoms with Gasteiger partial charge >= 0.3 is 0 Å². The molecule has 0 fully saturated rings. The maximum Gasteiger partial charge on any atom is 0.141 e. The minimum atomic E-state index is -0.565. The van der Waals surface area contributed by atoms with E-state index in [2.05, 4.69) is 27.3 Å². The number of nitrogens with one attached hydrogen (secondary N) is 1. The summed E-state index contributed by atoms with van der Waals surface area (Å²) in [5, 5.41) is 20.8. The molecule has 1 N–H and O–H groups in total. The lowest BCUT2D eigenvalue weighted by molar-refractivity contribution is 0.624. The van der Waals surface area contributed by atoms with Crippen molar-refractivity contribution in [3.05, 3.63) is 57.8 Å². The highest BCUT2D eigenvalue weighted by Gasteiger charge is 2.06. The lowest BCUT2D eigenvalue weighted by atomic mass is 10.1. The molecule has 0 radical (unpaired) electrons. The van der Waals surface area contributed by atoms with Gasteiger partial charge in [0.15, 0.2) is 0 Å². The molecule has 2 aromatic carbocycles. The summed E-state index contributed by atoms with van der Waals surface area (Å²) in [5.74, 6) is -0.565. The van der Waals surface area contributed by atoms with Crippen LogP contribution in [-0.2, 0) is 0 Å². The highest BCUT2D eigenvalue weighted by atomic mass is 79.9. The maximum atomic E-state index is 13.2. The first-order valence-electron chi connectivity index (χ1n) is 5.30. The summed E-state index contributed by atoms with van der Waals surface area (Å²) in [7, 11) is 0. The summed E-state index contributed by atoms with van der Waals surface area (Å²) >= 11 is 3.28. The third kappa shape index (κ3) is 2.90. The Balaban J connectivity index is 2.37. The summed E-state index contributed by atoms with van der Waals surface area (Å²) in [6.07, 6.45) is 0. The lowest BCUT2D eigenvalue weighted by Crippen LogP contribution is -1.95. The second-order valence-corrected chi connectivity index (χ2v) is 4.65. The van der Waals surface area contributed by atoms with E-state index in [1.165, 1.54) is 18.2 Å². The largest absolute Gasteiger partial charge is 0.354 e. The van der Waals surface area contributed by atoms with E-state index in [0.29, 0.717) is 16.9 Å². The highest BCUT2D eigenvalue weighted by molar-refractivity contribution is 9.10. The monoisotopic (exact) mass is 315 g/mol. The average molecular weight is 316 g/mol. The maximum absolute atomic E-state index is 13.2. The molecule has 0 amide bonds. The molecular weight excluding hydrogens is 309 g/mol. The number of anilines is 2. The van der Waals surface area contributed by atoms with Gasteiger partial charge in [-0.2, -0.15) is 10.5 Å². The Morgan fingerprint density at radius 2 is 1.74 bits per heavy atom. The summed E-state index contributed by atoms with van der Waals surface area (Å²) in [4.78, 5) is 0. The predicted octanol–water partition coefficient (Wildman–Crippen LogP) is 4.08. The number of nitriles is 2. The average Bonchev–Trinajstić information content (AvgIpc) is 2.42. The minimum absolute atomic E-state index is 0.0411. The van der Waals surface area contributed by atoms with E-state index in [4.69, 9.17) is 10.5 Å². The van der Waals surface area contributed by atoms with Gasteiger partial charge in [0.25, 0.3) is 0 Å². The van der Waals surface area contributed by atoms with Crippen molar-refractivity contribution in [3.8, 4) is 12.1 Å². The van der Waals surface area contributed by atoms with Crippen molar-refractivity contribution in [2.75, 3.05) is 5.32 Å². The Labute approximate surface area is 118 Å².